The maximum absolute atomic E-state index is 12.9. The van der Waals surface area contributed by atoms with Crippen LogP contribution in [0.25, 0.3) is 10.2 Å². The molecule has 154 valence electrons. The molecule has 1 fully saturated rings. The molecule has 8 nitrogen and oxygen atoms in total. The fraction of sp³-hybridized carbons (Fsp3) is 0.562. The molecule has 2 aromatic heterocycles. The molecule has 3 heterocycles. The van der Waals surface area contributed by atoms with Gasteiger partial charge in [-0.2, -0.15) is 13.2 Å². The maximum Gasteiger partial charge on any atom is 0.406 e. The third-order valence-electron chi connectivity index (χ3n) is 4.53. The van der Waals surface area contributed by atoms with Crippen molar-refractivity contribution in [2.45, 2.75) is 32.7 Å². The van der Waals surface area contributed by atoms with Crippen LogP contribution in [-0.2, 0) is 24.4 Å². The highest BCUT2D eigenvalue weighted by Gasteiger charge is 2.32. The number of nitrogens with zero attached hydrogens (tertiary/aromatic N) is 3. The molecule has 2 aromatic rings. The summed E-state index contributed by atoms with van der Waals surface area (Å²) < 4.78 is 45.1. The lowest BCUT2D eigenvalue weighted by Gasteiger charge is -2.13. The third-order valence-corrected chi connectivity index (χ3v) is 5.83. The molecule has 0 radical (unpaired) electrons. The van der Waals surface area contributed by atoms with Gasteiger partial charge in [-0.1, -0.05) is 0 Å². The molecular formula is C16H19F3N4O4S. The van der Waals surface area contributed by atoms with E-state index in [2.05, 4.69) is 5.32 Å². The lowest BCUT2D eigenvalue weighted by molar-refractivity contribution is -0.141. The van der Waals surface area contributed by atoms with Crippen molar-refractivity contribution in [3.63, 3.8) is 0 Å². The predicted octanol–water partition coefficient (Wildman–Crippen LogP) is 1.27. The number of carbonyl (C=O) groups is 1. The molecule has 0 aromatic carbocycles. The Morgan fingerprint density at radius 1 is 1.21 bits per heavy atom. The first kappa shape index (κ1) is 20.4. The van der Waals surface area contributed by atoms with E-state index >= 15 is 0 Å². The summed E-state index contributed by atoms with van der Waals surface area (Å²) in [6, 6.07) is -0.247. The second kappa shape index (κ2) is 7.59. The Kier molecular flexibility index (Phi) is 5.53. The Bertz CT molecular complexity index is 1020. The van der Waals surface area contributed by atoms with Gasteiger partial charge in [-0.05, 0) is 12.5 Å². The zero-order valence-corrected chi connectivity index (χ0v) is 16.1. The minimum absolute atomic E-state index is 0.00750. The molecule has 2 amide bonds. The van der Waals surface area contributed by atoms with Crippen molar-refractivity contribution in [3.8, 4) is 0 Å². The second-order valence-corrected chi connectivity index (χ2v) is 7.50. The molecule has 0 bridgehead atoms. The zero-order valence-electron chi connectivity index (χ0n) is 15.3. The van der Waals surface area contributed by atoms with E-state index in [9.17, 15) is 27.6 Å². The molecule has 1 aliphatic rings. The standard InChI is InChI=1S/C16H19F3N4O4S/c1-9-10(7-21-4-3-20-14(21)25)28-13-11(9)12(24)23(8-16(17,18)19)15(26)22(13)5-6-27-2/h3-8H2,1-2H3,(H,20,25). The number of halogens is 3. The molecular weight excluding hydrogens is 401 g/mol. The van der Waals surface area contributed by atoms with Gasteiger partial charge in [0.2, 0.25) is 0 Å². The number of fused-ring (bicyclic) bond motifs is 1. The Labute approximate surface area is 161 Å². The van der Waals surface area contributed by atoms with Gasteiger partial charge < -0.3 is 15.0 Å². The number of methoxy groups -OCH3 is 1. The van der Waals surface area contributed by atoms with Gasteiger partial charge in [-0.15, -0.1) is 11.3 Å². The third kappa shape index (κ3) is 3.78. The van der Waals surface area contributed by atoms with Crippen molar-refractivity contribution in [1.29, 1.82) is 0 Å². The maximum atomic E-state index is 12.9. The van der Waals surface area contributed by atoms with E-state index in [4.69, 9.17) is 4.74 Å². The van der Waals surface area contributed by atoms with E-state index in [-0.39, 0.29) is 40.5 Å². The van der Waals surface area contributed by atoms with E-state index in [1.807, 2.05) is 0 Å². The summed E-state index contributed by atoms with van der Waals surface area (Å²) >= 11 is 1.14. The van der Waals surface area contributed by atoms with Crippen LogP contribution in [0.3, 0.4) is 0 Å². The van der Waals surface area contributed by atoms with Gasteiger partial charge in [0.1, 0.15) is 11.4 Å². The summed E-state index contributed by atoms with van der Waals surface area (Å²) in [5.41, 5.74) is -1.53. The van der Waals surface area contributed by atoms with Crippen LogP contribution < -0.4 is 16.6 Å². The molecule has 0 unspecified atom stereocenters. The molecule has 0 atom stereocenters. The molecule has 12 heteroatoms. The molecule has 3 rings (SSSR count). The SMILES string of the molecule is COCCn1c(=O)n(CC(F)(F)F)c(=O)c2c(C)c(CN3CCNC3=O)sc21. The first-order valence-electron chi connectivity index (χ1n) is 8.48. The lowest BCUT2D eigenvalue weighted by Crippen LogP contribution is -2.43. The van der Waals surface area contributed by atoms with Crippen molar-refractivity contribution in [1.82, 2.24) is 19.4 Å². The topological polar surface area (TPSA) is 85.6 Å². The summed E-state index contributed by atoms with van der Waals surface area (Å²) in [5, 5.41) is 2.74. The monoisotopic (exact) mass is 420 g/mol. The second-order valence-electron chi connectivity index (χ2n) is 6.42. The number of urea groups is 1. The number of rotatable bonds is 6. The van der Waals surface area contributed by atoms with Crippen LogP contribution in [0.15, 0.2) is 9.59 Å². The predicted molar refractivity (Wildman–Crippen MR) is 96.8 cm³/mol. The molecule has 0 saturated carbocycles. The van der Waals surface area contributed by atoms with Crippen LogP contribution >= 0.6 is 11.3 Å². The Morgan fingerprint density at radius 3 is 2.50 bits per heavy atom. The highest BCUT2D eigenvalue weighted by Crippen LogP contribution is 2.29. The van der Waals surface area contributed by atoms with Crippen LogP contribution in [0.4, 0.5) is 18.0 Å². The molecule has 1 saturated heterocycles. The van der Waals surface area contributed by atoms with Crippen LogP contribution in [0, 0.1) is 6.92 Å². The first-order chi connectivity index (χ1) is 13.1. The summed E-state index contributed by atoms with van der Waals surface area (Å²) in [4.78, 5) is 39.6. The van der Waals surface area contributed by atoms with Crippen molar-refractivity contribution >= 4 is 27.6 Å². The van der Waals surface area contributed by atoms with Crippen molar-refractivity contribution < 1.29 is 22.7 Å². The number of amides is 2. The van der Waals surface area contributed by atoms with E-state index in [1.165, 1.54) is 7.11 Å². The number of hydrogen-bond donors (Lipinski definition) is 1. The fourth-order valence-corrected chi connectivity index (χ4v) is 4.46. The Morgan fingerprint density at radius 2 is 1.93 bits per heavy atom. The number of thiophene rings is 1. The van der Waals surface area contributed by atoms with Crippen LogP contribution in [0.2, 0.25) is 0 Å². The Balaban J connectivity index is 2.19. The van der Waals surface area contributed by atoms with E-state index < -0.39 is 24.0 Å². The highest BCUT2D eigenvalue weighted by atomic mass is 32.1. The number of aromatic nitrogens is 2. The quantitative estimate of drug-likeness (QED) is 0.763. The number of nitrogens with one attached hydrogen (secondary N) is 1. The van der Waals surface area contributed by atoms with Crippen LogP contribution in [0.5, 0.6) is 0 Å². The van der Waals surface area contributed by atoms with Gasteiger partial charge in [0.25, 0.3) is 5.56 Å². The largest absolute Gasteiger partial charge is 0.406 e. The zero-order chi connectivity index (χ0) is 20.6. The van der Waals surface area contributed by atoms with Gasteiger partial charge in [-0.25, -0.2) is 9.59 Å². The molecule has 0 spiro atoms. The van der Waals surface area contributed by atoms with Crippen molar-refractivity contribution in [2.75, 3.05) is 26.8 Å². The van der Waals surface area contributed by atoms with E-state index in [0.29, 0.717) is 23.5 Å². The lowest BCUT2D eigenvalue weighted by atomic mass is 10.2. The minimum Gasteiger partial charge on any atom is -0.383 e. The average molecular weight is 420 g/mol. The average Bonchev–Trinajstić information content (AvgIpc) is 3.15. The molecule has 1 N–H and O–H groups in total. The number of aryl methyl sites for hydroxylation is 1. The smallest absolute Gasteiger partial charge is 0.383 e. The fourth-order valence-electron chi connectivity index (χ4n) is 3.13. The normalized spacial score (nSPS) is 14.9. The molecule has 1 aliphatic heterocycles. The number of ether oxygens (including phenoxy) is 1. The molecule has 0 aliphatic carbocycles. The van der Waals surface area contributed by atoms with Crippen LogP contribution in [-0.4, -0.2) is 53.0 Å². The van der Waals surface area contributed by atoms with Gasteiger partial charge in [0.05, 0.1) is 25.1 Å². The summed E-state index contributed by atoms with van der Waals surface area (Å²) in [5.74, 6) is 0. The van der Waals surface area contributed by atoms with Crippen molar-refractivity contribution in [2.24, 2.45) is 0 Å². The van der Waals surface area contributed by atoms with Crippen molar-refractivity contribution in [3.05, 3.63) is 31.3 Å². The van der Waals surface area contributed by atoms with Gasteiger partial charge in [0.15, 0.2) is 0 Å². The Hall–Kier alpha value is -2.34. The highest BCUT2D eigenvalue weighted by molar-refractivity contribution is 7.18. The summed E-state index contributed by atoms with van der Waals surface area (Å²) in [7, 11) is 1.41. The number of alkyl halides is 3. The van der Waals surface area contributed by atoms with E-state index in [0.717, 1.165) is 15.9 Å². The summed E-state index contributed by atoms with van der Waals surface area (Å²) in [6.45, 7) is 1.27. The first-order valence-corrected chi connectivity index (χ1v) is 9.29. The summed E-state index contributed by atoms with van der Waals surface area (Å²) in [6.07, 6.45) is -4.71. The molecule has 28 heavy (non-hydrogen) atoms. The van der Waals surface area contributed by atoms with Crippen LogP contribution in [0.1, 0.15) is 10.4 Å². The van der Waals surface area contributed by atoms with Gasteiger partial charge in [0, 0.05) is 25.1 Å². The van der Waals surface area contributed by atoms with Gasteiger partial charge >= 0.3 is 17.9 Å². The number of carbonyl (C=O) groups excluding carboxylic acids is 1. The van der Waals surface area contributed by atoms with E-state index in [1.54, 1.807) is 11.8 Å². The van der Waals surface area contributed by atoms with Gasteiger partial charge in [-0.3, -0.25) is 13.9 Å². The minimum atomic E-state index is -4.71. The number of hydrogen-bond acceptors (Lipinski definition) is 5.